The third kappa shape index (κ3) is 4.81. The molecule has 1 fully saturated rings. The molecule has 0 aromatic heterocycles. The highest BCUT2D eigenvalue weighted by atomic mass is 16.6. The van der Waals surface area contributed by atoms with Crippen molar-refractivity contribution in [1.29, 1.82) is 0 Å². The highest BCUT2D eigenvalue weighted by Crippen LogP contribution is 2.20. The Kier molecular flexibility index (Phi) is 5.03. The minimum Gasteiger partial charge on any atom is -0.458 e. The average Bonchev–Trinajstić information content (AvgIpc) is 2.86. The molecule has 0 N–H and O–H groups in total. The molecule has 0 spiro atoms. The van der Waals surface area contributed by atoms with Crippen molar-refractivity contribution in [3.8, 4) is 0 Å². The zero-order valence-corrected chi connectivity index (χ0v) is 13.6. The first-order valence-electron chi connectivity index (χ1n) is 7.48. The lowest BCUT2D eigenvalue weighted by molar-refractivity contribution is -0.160. The van der Waals surface area contributed by atoms with E-state index in [1.165, 1.54) is 0 Å². The summed E-state index contributed by atoms with van der Waals surface area (Å²) in [4.78, 5) is 37.2. The van der Waals surface area contributed by atoms with Gasteiger partial charge in [0.05, 0.1) is 6.54 Å². The molecular formula is C17H21NO5. The van der Waals surface area contributed by atoms with Gasteiger partial charge in [0.25, 0.3) is 0 Å². The van der Waals surface area contributed by atoms with Gasteiger partial charge >= 0.3 is 12.1 Å². The van der Waals surface area contributed by atoms with Crippen LogP contribution < -0.4 is 0 Å². The lowest BCUT2D eigenvalue weighted by Gasteiger charge is -2.26. The first kappa shape index (κ1) is 17.0. The van der Waals surface area contributed by atoms with Gasteiger partial charge in [-0.1, -0.05) is 30.3 Å². The van der Waals surface area contributed by atoms with Crippen LogP contribution in [0.4, 0.5) is 4.79 Å². The van der Waals surface area contributed by atoms with Gasteiger partial charge in [-0.3, -0.25) is 9.69 Å². The lowest BCUT2D eigenvalue weighted by atomic mass is 10.1. The Balaban J connectivity index is 1.99. The Morgan fingerprint density at radius 2 is 1.87 bits per heavy atom. The van der Waals surface area contributed by atoms with E-state index in [1.54, 1.807) is 20.8 Å². The molecule has 124 valence electrons. The molecule has 1 aromatic carbocycles. The lowest BCUT2D eigenvalue weighted by Crippen LogP contribution is -2.43. The van der Waals surface area contributed by atoms with E-state index in [0.29, 0.717) is 0 Å². The van der Waals surface area contributed by atoms with E-state index in [1.807, 2.05) is 30.3 Å². The van der Waals surface area contributed by atoms with E-state index < -0.39 is 23.7 Å². The molecule has 1 aliphatic heterocycles. The van der Waals surface area contributed by atoms with Crippen LogP contribution in [0.15, 0.2) is 30.3 Å². The predicted octanol–water partition coefficient (Wildman–Crippen LogP) is 2.31. The van der Waals surface area contributed by atoms with E-state index >= 15 is 0 Å². The molecule has 0 radical (unpaired) electrons. The van der Waals surface area contributed by atoms with Crippen LogP contribution in [0, 0.1) is 0 Å². The first-order valence-corrected chi connectivity index (χ1v) is 7.48. The van der Waals surface area contributed by atoms with Crippen LogP contribution in [0.1, 0.15) is 32.8 Å². The SMILES string of the molecule is CC(C)(C)OC(=O)[C@H]1CC(=O)CN1C(=O)OCc1ccccc1. The van der Waals surface area contributed by atoms with Crippen LogP contribution >= 0.6 is 0 Å². The van der Waals surface area contributed by atoms with Crippen molar-refractivity contribution in [2.45, 2.75) is 45.4 Å². The van der Waals surface area contributed by atoms with Gasteiger partial charge in [0.15, 0.2) is 5.78 Å². The summed E-state index contributed by atoms with van der Waals surface area (Å²) in [5.74, 6) is -0.766. The number of amides is 1. The highest BCUT2D eigenvalue weighted by molar-refractivity contribution is 5.95. The molecule has 0 unspecified atom stereocenters. The van der Waals surface area contributed by atoms with Gasteiger partial charge < -0.3 is 9.47 Å². The van der Waals surface area contributed by atoms with Gasteiger partial charge in [-0.2, -0.15) is 0 Å². The summed E-state index contributed by atoms with van der Waals surface area (Å²) in [7, 11) is 0. The molecule has 0 aliphatic carbocycles. The van der Waals surface area contributed by atoms with Gasteiger partial charge in [0, 0.05) is 6.42 Å². The van der Waals surface area contributed by atoms with Crippen molar-refractivity contribution in [3.05, 3.63) is 35.9 Å². The zero-order valence-electron chi connectivity index (χ0n) is 13.6. The fourth-order valence-electron chi connectivity index (χ4n) is 2.26. The molecular weight excluding hydrogens is 298 g/mol. The number of hydrogen-bond donors (Lipinski definition) is 0. The fraction of sp³-hybridized carbons (Fsp3) is 0.471. The minimum absolute atomic E-state index is 0.0324. The normalized spacial score (nSPS) is 18.0. The summed E-state index contributed by atoms with van der Waals surface area (Å²) in [5.41, 5.74) is 0.155. The number of Topliss-reactive ketones (excluding diaryl/α,β-unsaturated/α-hetero) is 1. The van der Waals surface area contributed by atoms with Gasteiger partial charge in [-0.05, 0) is 26.3 Å². The van der Waals surface area contributed by atoms with E-state index in [9.17, 15) is 14.4 Å². The van der Waals surface area contributed by atoms with Crippen molar-refractivity contribution in [2.24, 2.45) is 0 Å². The van der Waals surface area contributed by atoms with Crippen molar-refractivity contribution < 1.29 is 23.9 Å². The number of hydrogen-bond acceptors (Lipinski definition) is 5. The molecule has 23 heavy (non-hydrogen) atoms. The van der Waals surface area contributed by atoms with Crippen LogP contribution in [0.25, 0.3) is 0 Å². The molecule has 1 aromatic rings. The number of carbonyl (C=O) groups is 3. The Bertz CT molecular complexity index is 591. The maximum absolute atomic E-state index is 12.2. The smallest absolute Gasteiger partial charge is 0.411 e. The monoisotopic (exact) mass is 319 g/mol. The first-order chi connectivity index (χ1) is 10.8. The molecule has 1 amide bonds. The second kappa shape index (κ2) is 6.81. The van der Waals surface area contributed by atoms with Crippen LogP contribution in [0.3, 0.4) is 0 Å². The summed E-state index contributed by atoms with van der Waals surface area (Å²) < 4.78 is 10.5. The molecule has 1 atom stereocenters. The van der Waals surface area contributed by atoms with Crippen molar-refractivity contribution in [2.75, 3.05) is 6.54 Å². The molecule has 6 heteroatoms. The molecule has 0 bridgehead atoms. The number of ketones is 1. The molecule has 1 heterocycles. The van der Waals surface area contributed by atoms with Gasteiger partial charge in [-0.15, -0.1) is 0 Å². The van der Waals surface area contributed by atoms with E-state index in [-0.39, 0.29) is 25.4 Å². The number of esters is 1. The van der Waals surface area contributed by atoms with Crippen LogP contribution in [0.5, 0.6) is 0 Å². The standard InChI is InChI=1S/C17H21NO5/c1-17(2,3)23-15(20)14-9-13(19)10-18(14)16(21)22-11-12-7-5-4-6-8-12/h4-8,14H,9-11H2,1-3H3/t14-/m1/s1. The summed E-state index contributed by atoms with van der Waals surface area (Å²) >= 11 is 0. The number of carbonyl (C=O) groups excluding carboxylic acids is 3. The quantitative estimate of drug-likeness (QED) is 0.799. The molecule has 2 rings (SSSR count). The molecule has 6 nitrogen and oxygen atoms in total. The maximum atomic E-state index is 12.2. The zero-order chi connectivity index (χ0) is 17.0. The van der Waals surface area contributed by atoms with Gasteiger partial charge in [-0.25, -0.2) is 9.59 Å². The number of nitrogens with zero attached hydrogens (tertiary/aromatic N) is 1. The van der Waals surface area contributed by atoms with E-state index in [4.69, 9.17) is 9.47 Å². The van der Waals surface area contributed by atoms with Gasteiger partial charge in [0.1, 0.15) is 18.2 Å². The summed E-state index contributed by atoms with van der Waals surface area (Å²) in [6, 6.07) is 8.29. The topological polar surface area (TPSA) is 72.9 Å². The van der Waals surface area contributed by atoms with E-state index in [2.05, 4.69) is 0 Å². The van der Waals surface area contributed by atoms with Crippen molar-refractivity contribution in [1.82, 2.24) is 4.90 Å². The van der Waals surface area contributed by atoms with Crippen molar-refractivity contribution in [3.63, 3.8) is 0 Å². The van der Waals surface area contributed by atoms with Crippen LogP contribution in [-0.2, 0) is 25.7 Å². The predicted molar refractivity (Wildman–Crippen MR) is 82.6 cm³/mol. The molecule has 1 saturated heterocycles. The van der Waals surface area contributed by atoms with E-state index in [0.717, 1.165) is 10.5 Å². The molecule has 1 aliphatic rings. The Labute approximate surface area is 135 Å². The summed E-state index contributed by atoms with van der Waals surface area (Å²) in [5, 5.41) is 0. The minimum atomic E-state index is -0.912. The number of rotatable bonds is 3. The maximum Gasteiger partial charge on any atom is 0.411 e. The van der Waals surface area contributed by atoms with Crippen LogP contribution in [0.2, 0.25) is 0 Å². The number of ether oxygens (including phenoxy) is 2. The van der Waals surface area contributed by atoms with Crippen molar-refractivity contribution >= 4 is 17.8 Å². The third-order valence-corrected chi connectivity index (χ3v) is 3.26. The third-order valence-electron chi connectivity index (χ3n) is 3.26. The Morgan fingerprint density at radius 1 is 1.22 bits per heavy atom. The second-order valence-electron chi connectivity index (χ2n) is 6.46. The number of benzene rings is 1. The highest BCUT2D eigenvalue weighted by Gasteiger charge is 2.41. The average molecular weight is 319 g/mol. The molecule has 0 saturated carbocycles. The van der Waals surface area contributed by atoms with Crippen LogP contribution in [-0.4, -0.2) is 40.9 Å². The largest absolute Gasteiger partial charge is 0.458 e. The summed E-state index contributed by atoms with van der Waals surface area (Å²) in [6.45, 7) is 5.17. The second-order valence-corrected chi connectivity index (χ2v) is 6.46. The van der Waals surface area contributed by atoms with Gasteiger partial charge in [0.2, 0.25) is 0 Å². The fourth-order valence-corrected chi connectivity index (χ4v) is 2.26. The Morgan fingerprint density at radius 3 is 2.48 bits per heavy atom. The number of likely N-dealkylation sites (tertiary alicyclic amines) is 1. The Hall–Kier alpha value is -2.37. The summed E-state index contributed by atoms with van der Waals surface area (Å²) in [6.07, 6.45) is -0.717.